The number of halogens is 3. The van der Waals surface area contributed by atoms with Crippen molar-refractivity contribution in [2.75, 3.05) is 19.7 Å². The number of carboxylic acids is 1. The molecule has 0 aliphatic carbocycles. The molecule has 0 saturated carbocycles. The third kappa shape index (κ3) is 2.15. The van der Waals surface area contributed by atoms with Crippen molar-refractivity contribution < 1.29 is 28.2 Å². The molecule has 0 amide bonds. The highest BCUT2D eigenvalue weighted by Crippen LogP contribution is 2.45. The smallest absolute Gasteiger partial charge is 0.397 e. The lowest BCUT2D eigenvalue weighted by Crippen LogP contribution is -2.46. The molecule has 1 aliphatic heterocycles. The predicted molar refractivity (Wildman–Crippen MR) is 48.9 cm³/mol. The molecule has 1 saturated heterocycles. The van der Waals surface area contributed by atoms with Gasteiger partial charge in [-0.1, -0.05) is 0 Å². The van der Waals surface area contributed by atoms with Crippen LogP contribution in [0.15, 0.2) is 0 Å². The first kappa shape index (κ1) is 13.2. The maximum atomic E-state index is 12.7. The lowest BCUT2D eigenvalue weighted by molar-refractivity contribution is -0.231. The average molecular weight is 241 g/mol. The Bertz CT molecular complexity index is 282. The normalized spacial score (nSPS) is 29.3. The first-order chi connectivity index (χ1) is 7.23. The van der Waals surface area contributed by atoms with Crippen LogP contribution in [0.25, 0.3) is 0 Å². The number of aliphatic hydroxyl groups is 1. The molecule has 0 aromatic carbocycles. The van der Waals surface area contributed by atoms with Gasteiger partial charge in [-0.3, -0.25) is 9.69 Å². The van der Waals surface area contributed by atoms with E-state index >= 15 is 0 Å². The summed E-state index contributed by atoms with van der Waals surface area (Å²) in [6, 6.07) is -0.962. The van der Waals surface area contributed by atoms with Crippen molar-refractivity contribution in [2.24, 2.45) is 5.41 Å². The van der Waals surface area contributed by atoms with E-state index in [0.29, 0.717) is 0 Å². The number of rotatable bonds is 3. The van der Waals surface area contributed by atoms with Crippen LogP contribution >= 0.6 is 0 Å². The Balaban J connectivity index is 2.80. The molecule has 1 fully saturated rings. The van der Waals surface area contributed by atoms with Crippen LogP contribution in [0.1, 0.15) is 13.3 Å². The van der Waals surface area contributed by atoms with Crippen LogP contribution in [0.4, 0.5) is 13.2 Å². The van der Waals surface area contributed by atoms with Gasteiger partial charge in [0.2, 0.25) is 0 Å². The second-order valence-electron chi connectivity index (χ2n) is 4.17. The van der Waals surface area contributed by atoms with Crippen molar-refractivity contribution in [3.63, 3.8) is 0 Å². The fourth-order valence-electron chi connectivity index (χ4n) is 1.84. The first-order valence-corrected chi connectivity index (χ1v) is 4.88. The average Bonchev–Trinajstić information content (AvgIpc) is 2.60. The van der Waals surface area contributed by atoms with Gasteiger partial charge in [0, 0.05) is 13.1 Å². The fourth-order valence-corrected chi connectivity index (χ4v) is 1.84. The predicted octanol–water partition coefficient (Wildman–Crippen LogP) is 0.706. The molecule has 1 rings (SSSR count). The van der Waals surface area contributed by atoms with Crippen molar-refractivity contribution in [2.45, 2.75) is 25.6 Å². The van der Waals surface area contributed by atoms with Crippen LogP contribution in [0, 0.1) is 5.41 Å². The minimum Gasteiger partial charge on any atom is -0.480 e. The summed E-state index contributed by atoms with van der Waals surface area (Å²) in [5.74, 6) is -1.16. The molecule has 2 atom stereocenters. The Morgan fingerprint density at radius 2 is 2.12 bits per heavy atom. The lowest BCUT2D eigenvalue weighted by Gasteiger charge is -2.30. The molecule has 1 heterocycles. The highest BCUT2D eigenvalue weighted by atomic mass is 19.4. The van der Waals surface area contributed by atoms with Crippen molar-refractivity contribution in [3.8, 4) is 0 Å². The Kier molecular flexibility index (Phi) is 3.49. The molecule has 94 valence electrons. The number of likely N-dealkylation sites (tertiary alicyclic amines) is 1. The van der Waals surface area contributed by atoms with E-state index in [9.17, 15) is 18.0 Å². The van der Waals surface area contributed by atoms with Gasteiger partial charge in [0.05, 0.1) is 6.61 Å². The number of aliphatic carboxylic acids is 1. The Hall–Kier alpha value is -0.820. The number of carbonyl (C=O) groups is 1. The molecule has 7 heteroatoms. The molecule has 0 radical (unpaired) electrons. The molecule has 0 unspecified atom stereocenters. The zero-order valence-corrected chi connectivity index (χ0v) is 8.79. The van der Waals surface area contributed by atoms with Gasteiger partial charge in [0.25, 0.3) is 0 Å². The van der Waals surface area contributed by atoms with E-state index < -0.39 is 36.8 Å². The second-order valence-corrected chi connectivity index (χ2v) is 4.17. The molecule has 1 aliphatic rings. The van der Waals surface area contributed by atoms with E-state index in [1.807, 2.05) is 0 Å². The largest absolute Gasteiger partial charge is 0.480 e. The van der Waals surface area contributed by atoms with Crippen LogP contribution in [0.3, 0.4) is 0 Å². The zero-order chi connectivity index (χ0) is 12.6. The van der Waals surface area contributed by atoms with Gasteiger partial charge in [-0.05, 0) is 13.3 Å². The summed E-state index contributed by atoms with van der Waals surface area (Å²) in [7, 11) is 0. The number of alkyl halides is 3. The van der Waals surface area contributed by atoms with E-state index in [1.165, 1.54) is 11.8 Å². The molecule has 2 N–H and O–H groups in total. The summed E-state index contributed by atoms with van der Waals surface area (Å²) in [4.78, 5) is 11.9. The van der Waals surface area contributed by atoms with Gasteiger partial charge in [-0.2, -0.15) is 13.2 Å². The number of hydrogen-bond donors (Lipinski definition) is 2. The fraction of sp³-hybridized carbons (Fsp3) is 0.889. The minimum absolute atomic E-state index is 0.0353. The quantitative estimate of drug-likeness (QED) is 0.763. The van der Waals surface area contributed by atoms with Crippen LogP contribution in [-0.2, 0) is 4.79 Å². The second kappa shape index (κ2) is 4.21. The van der Waals surface area contributed by atoms with Crippen LogP contribution in [0.5, 0.6) is 0 Å². The summed E-state index contributed by atoms with van der Waals surface area (Å²) in [5.41, 5.74) is -2.17. The van der Waals surface area contributed by atoms with Gasteiger partial charge >= 0.3 is 12.1 Å². The monoisotopic (exact) mass is 241 g/mol. The molecule has 0 aromatic heterocycles. The number of hydrogen-bond acceptors (Lipinski definition) is 3. The van der Waals surface area contributed by atoms with Gasteiger partial charge in [-0.25, -0.2) is 0 Å². The number of nitrogens with zero attached hydrogens (tertiary/aromatic N) is 1. The third-order valence-electron chi connectivity index (χ3n) is 3.19. The van der Waals surface area contributed by atoms with Crippen molar-refractivity contribution in [1.29, 1.82) is 0 Å². The zero-order valence-electron chi connectivity index (χ0n) is 8.79. The topological polar surface area (TPSA) is 60.8 Å². The van der Waals surface area contributed by atoms with Crippen molar-refractivity contribution in [3.05, 3.63) is 0 Å². The molecule has 0 spiro atoms. The molecule has 16 heavy (non-hydrogen) atoms. The van der Waals surface area contributed by atoms with Crippen molar-refractivity contribution in [1.82, 2.24) is 4.90 Å². The molecular formula is C9H14F3NO3. The van der Waals surface area contributed by atoms with E-state index in [2.05, 4.69) is 0 Å². The first-order valence-electron chi connectivity index (χ1n) is 4.88. The van der Waals surface area contributed by atoms with Gasteiger partial charge in [-0.15, -0.1) is 0 Å². The Morgan fingerprint density at radius 1 is 1.56 bits per heavy atom. The molecule has 0 aromatic rings. The number of carboxylic acid groups (broad SMARTS) is 1. The van der Waals surface area contributed by atoms with Crippen LogP contribution in [0.2, 0.25) is 0 Å². The Morgan fingerprint density at radius 3 is 2.44 bits per heavy atom. The van der Waals surface area contributed by atoms with Crippen molar-refractivity contribution >= 4 is 5.97 Å². The van der Waals surface area contributed by atoms with E-state index in [4.69, 9.17) is 10.2 Å². The highest BCUT2D eigenvalue weighted by molar-refractivity contribution is 5.72. The van der Waals surface area contributed by atoms with Crippen LogP contribution in [-0.4, -0.2) is 53.0 Å². The number of aliphatic hydroxyl groups excluding tert-OH is 1. The lowest BCUT2D eigenvalue weighted by atomic mass is 9.87. The summed E-state index contributed by atoms with van der Waals surface area (Å²) in [6.45, 7) is -0.0838. The van der Waals surface area contributed by atoms with Crippen LogP contribution < -0.4 is 0 Å². The summed E-state index contributed by atoms with van der Waals surface area (Å²) >= 11 is 0. The SMILES string of the molecule is C[C@H](C(=O)O)N1CC[C@@](CO)(C(F)(F)F)C1. The molecule has 0 bridgehead atoms. The van der Waals surface area contributed by atoms with E-state index in [-0.39, 0.29) is 13.0 Å². The van der Waals surface area contributed by atoms with E-state index in [1.54, 1.807) is 0 Å². The van der Waals surface area contributed by atoms with Gasteiger partial charge < -0.3 is 10.2 Å². The molecular weight excluding hydrogens is 227 g/mol. The summed E-state index contributed by atoms with van der Waals surface area (Å²) in [6.07, 6.45) is -4.76. The van der Waals surface area contributed by atoms with Gasteiger partial charge in [0.15, 0.2) is 0 Å². The summed E-state index contributed by atoms with van der Waals surface area (Å²) in [5, 5.41) is 17.6. The van der Waals surface area contributed by atoms with Gasteiger partial charge in [0.1, 0.15) is 11.5 Å². The maximum absolute atomic E-state index is 12.7. The Labute approximate surface area is 90.7 Å². The summed E-state index contributed by atoms with van der Waals surface area (Å²) < 4.78 is 38.2. The molecule has 4 nitrogen and oxygen atoms in total. The van der Waals surface area contributed by atoms with E-state index in [0.717, 1.165) is 0 Å². The highest BCUT2D eigenvalue weighted by Gasteiger charge is 2.58. The third-order valence-corrected chi connectivity index (χ3v) is 3.19. The minimum atomic E-state index is -4.51. The standard InChI is InChI=1S/C9H14F3NO3/c1-6(7(15)16)13-3-2-8(4-13,5-14)9(10,11)12/h6,14H,2-5H2,1H3,(H,15,16)/t6-,8-/m1/s1. The maximum Gasteiger partial charge on any atom is 0.397 e.